The third kappa shape index (κ3) is 4.40. The molecule has 146 valence electrons. The van der Waals surface area contributed by atoms with E-state index in [1.807, 2.05) is 38.1 Å². The minimum absolute atomic E-state index is 0. The molecule has 9 heteroatoms. The molecule has 0 unspecified atom stereocenters. The van der Waals surface area contributed by atoms with E-state index in [0.717, 1.165) is 15.8 Å². The van der Waals surface area contributed by atoms with Crippen LogP contribution in [-0.2, 0) is 0 Å². The Morgan fingerprint density at radius 3 is 2.59 bits per heavy atom. The van der Waals surface area contributed by atoms with Gasteiger partial charge in [-0.2, -0.15) is 0 Å². The van der Waals surface area contributed by atoms with E-state index < -0.39 is 0 Å². The van der Waals surface area contributed by atoms with Gasteiger partial charge in [-0.05, 0) is 39.6 Å². The molecular weight excluding hydrogens is 388 g/mol. The van der Waals surface area contributed by atoms with Crippen LogP contribution in [0.2, 0.25) is 0 Å². The standard InChI is InChI=1S/C18H22N4O3S.ClH/c1-11-6-7-13(24-5)15-16(11)26-18(19-15)22(9-8-21(3)4)17(23)14-10-12(2)20-25-14;/h6-7,10H,8-9H2,1-5H3;1H. The van der Waals surface area contributed by atoms with Crippen molar-refractivity contribution in [2.24, 2.45) is 0 Å². The van der Waals surface area contributed by atoms with Gasteiger partial charge in [-0.3, -0.25) is 9.69 Å². The van der Waals surface area contributed by atoms with Crippen LogP contribution in [-0.4, -0.2) is 55.2 Å². The Labute approximate surface area is 168 Å². The zero-order chi connectivity index (χ0) is 18.8. The number of methoxy groups -OCH3 is 1. The number of hydrogen-bond donors (Lipinski definition) is 0. The van der Waals surface area contributed by atoms with Crippen LogP contribution in [0.3, 0.4) is 0 Å². The molecule has 0 aliphatic carbocycles. The topological polar surface area (TPSA) is 71.7 Å². The number of halogens is 1. The van der Waals surface area contributed by atoms with Crippen molar-refractivity contribution < 1.29 is 14.1 Å². The van der Waals surface area contributed by atoms with Crippen LogP contribution in [0.1, 0.15) is 21.8 Å². The second-order valence-electron chi connectivity index (χ2n) is 6.35. The lowest BCUT2D eigenvalue weighted by Crippen LogP contribution is -2.36. The Bertz CT molecular complexity index is 938. The average molecular weight is 411 g/mol. The molecule has 3 aromatic rings. The summed E-state index contributed by atoms with van der Waals surface area (Å²) in [5.74, 6) is 0.663. The predicted octanol–water partition coefficient (Wildman–Crippen LogP) is 3.54. The molecule has 0 atom stereocenters. The fourth-order valence-electron chi connectivity index (χ4n) is 2.56. The minimum Gasteiger partial charge on any atom is -0.494 e. The molecule has 1 amide bonds. The van der Waals surface area contributed by atoms with Crippen LogP contribution in [0.5, 0.6) is 5.75 Å². The fraction of sp³-hybridized carbons (Fsp3) is 0.389. The molecule has 0 N–H and O–H groups in total. The monoisotopic (exact) mass is 410 g/mol. The van der Waals surface area contributed by atoms with Crippen molar-refractivity contribution in [3.8, 4) is 5.75 Å². The molecule has 0 saturated heterocycles. The molecule has 0 fully saturated rings. The average Bonchev–Trinajstić information content (AvgIpc) is 3.22. The van der Waals surface area contributed by atoms with E-state index in [-0.39, 0.29) is 24.1 Å². The molecule has 1 aromatic carbocycles. The summed E-state index contributed by atoms with van der Waals surface area (Å²) in [5.41, 5.74) is 2.53. The van der Waals surface area contributed by atoms with Crippen molar-refractivity contribution in [1.82, 2.24) is 15.0 Å². The first kappa shape index (κ1) is 21.1. The quantitative estimate of drug-likeness (QED) is 0.619. The number of nitrogens with zero attached hydrogens (tertiary/aromatic N) is 4. The summed E-state index contributed by atoms with van der Waals surface area (Å²) in [6.07, 6.45) is 0. The fourth-order valence-corrected chi connectivity index (χ4v) is 3.64. The van der Waals surface area contributed by atoms with Gasteiger partial charge < -0.3 is 14.2 Å². The molecule has 0 spiro atoms. The Hall–Kier alpha value is -2.16. The summed E-state index contributed by atoms with van der Waals surface area (Å²) in [7, 11) is 5.55. The number of carbonyl (C=O) groups is 1. The zero-order valence-corrected chi connectivity index (χ0v) is 17.6. The Morgan fingerprint density at radius 1 is 1.26 bits per heavy atom. The van der Waals surface area contributed by atoms with Crippen molar-refractivity contribution in [2.45, 2.75) is 13.8 Å². The number of aromatic nitrogens is 2. The van der Waals surface area contributed by atoms with E-state index in [1.165, 1.54) is 11.3 Å². The third-order valence-corrected chi connectivity index (χ3v) is 5.21. The van der Waals surface area contributed by atoms with E-state index in [4.69, 9.17) is 14.2 Å². The molecule has 2 heterocycles. The van der Waals surface area contributed by atoms with E-state index in [2.05, 4.69) is 5.16 Å². The summed E-state index contributed by atoms with van der Waals surface area (Å²) in [6, 6.07) is 5.53. The highest BCUT2D eigenvalue weighted by Crippen LogP contribution is 2.36. The van der Waals surface area contributed by atoms with Gasteiger partial charge in [0, 0.05) is 19.2 Å². The summed E-state index contributed by atoms with van der Waals surface area (Å²) in [6.45, 7) is 5.00. The number of benzene rings is 1. The highest BCUT2D eigenvalue weighted by atomic mass is 35.5. The zero-order valence-electron chi connectivity index (χ0n) is 16.0. The van der Waals surface area contributed by atoms with Gasteiger partial charge in [-0.15, -0.1) is 12.4 Å². The molecule has 27 heavy (non-hydrogen) atoms. The number of rotatable bonds is 6. The molecule has 0 saturated carbocycles. The van der Waals surface area contributed by atoms with Gasteiger partial charge in [0.25, 0.3) is 5.91 Å². The summed E-state index contributed by atoms with van der Waals surface area (Å²) in [4.78, 5) is 21.4. The van der Waals surface area contributed by atoms with Crippen molar-refractivity contribution in [3.05, 3.63) is 35.2 Å². The largest absolute Gasteiger partial charge is 0.494 e. The number of amides is 1. The molecule has 0 aliphatic rings. The highest BCUT2D eigenvalue weighted by Gasteiger charge is 2.25. The molecule has 3 rings (SSSR count). The lowest BCUT2D eigenvalue weighted by Gasteiger charge is -2.20. The number of ether oxygens (including phenoxy) is 1. The van der Waals surface area contributed by atoms with Crippen LogP contribution >= 0.6 is 23.7 Å². The van der Waals surface area contributed by atoms with Crippen LogP contribution in [0, 0.1) is 13.8 Å². The third-order valence-electron chi connectivity index (χ3n) is 4.00. The lowest BCUT2D eigenvalue weighted by atomic mass is 10.2. The van der Waals surface area contributed by atoms with Gasteiger partial charge in [-0.25, -0.2) is 4.98 Å². The molecule has 0 aliphatic heterocycles. The summed E-state index contributed by atoms with van der Waals surface area (Å²) < 4.78 is 11.6. The van der Waals surface area contributed by atoms with Gasteiger partial charge in [-0.1, -0.05) is 22.6 Å². The van der Waals surface area contributed by atoms with Gasteiger partial charge in [0.15, 0.2) is 5.13 Å². The van der Waals surface area contributed by atoms with Crippen LogP contribution < -0.4 is 9.64 Å². The van der Waals surface area contributed by atoms with Crippen LogP contribution in [0.25, 0.3) is 10.2 Å². The van der Waals surface area contributed by atoms with Crippen molar-refractivity contribution in [3.63, 3.8) is 0 Å². The number of hydrogen-bond acceptors (Lipinski definition) is 7. The van der Waals surface area contributed by atoms with Gasteiger partial charge in [0.2, 0.25) is 5.76 Å². The van der Waals surface area contributed by atoms with E-state index >= 15 is 0 Å². The maximum Gasteiger partial charge on any atom is 0.298 e. The maximum atomic E-state index is 13.0. The summed E-state index contributed by atoms with van der Waals surface area (Å²) in [5, 5.41) is 4.44. The molecule has 0 radical (unpaired) electrons. The first-order valence-corrected chi connectivity index (χ1v) is 9.06. The van der Waals surface area contributed by atoms with Crippen molar-refractivity contribution in [1.29, 1.82) is 0 Å². The predicted molar refractivity (Wildman–Crippen MR) is 110 cm³/mol. The number of carbonyl (C=O) groups excluding carboxylic acids is 1. The molecule has 7 nitrogen and oxygen atoms in total. The SMILES string of the molecule is COc1ccc(C)c2sc(N(CCN(C)C)C(=O)c3cc(C)no3)nc12.Cl. The maximum absolute atomic E-state index is 13.0. The highest BCUT2D eigenvalue weighted by molar-refractivity contribution is 7.22. The van der Waals surface area contributed by atoms with Gasteiger partial charge >= 0.3 is 0 Å². The minimum atomic E-state index is -0.247. The normalized spacial score (nSPS) is 10.9. The summed E-state index contributed by atoms with van der Waals surface area (Å²) >= 11 is 1.48. The van der Waals surface area contributed by atoms with Crippen molar-refractivity contribution in [2.75, 3.05) is 39.2 Å². The van der Waals surface area contributed by atoms with Crippen molar-refractivity contribution >= 4 is 45.0 Å². The van der Waals surface area contributed by atoms with Gasteiger partial charge in [0.05, 0.1) is 17.5 Å². The Morgan fingerprint density at radius 2 is 2.00 bits per heavy atom. The molecular formula is C18H23ClN4O3S. The Balaban J connectivity index is 0.00000261. The molecule has 2 aromatic heterocycles. The first-order chi connectivity index (χ1) is 12.4. The first-order valence-electron chi connectivity index (χ1n) is 8.24. The van der Waals surface area contributed by atoms with E-state index in [9.17, 15) is 4.79 Å². The Kier molecular flexibility index (Phi) is 6.80. The number of likely N-dealkylation sites (N-methyl/N-ethyl adjacent to an activating group) is 1. The second-order valence-corrected chi connectivity index (χ2v) is 7.33. The van der Waals surface area contributed by atoms with E-state index in [1.54, 1.807) is 25.0 Å². The molecule has 0 bridgehead atoms. The second kappa shape index (κ2) is 8.69. The van der Waals surface area contributed by atoms with E-state index in [0.29, 0.717) is 29.7 Å². The van der Waals surface area contributed by atoms with Crippen LogP contribution in [0.4, 0.5) is 5.13 Å². The van der Waals surface area contributed by atoms with Gasteiger partial charge in [0.1, 0.15) is 11.3 Å². The number of anilines is 1. The number of fused-ring (bicyclic) bond motifs is 1. The smallest absolute Gasteiger partial charge is 0.298 e. The lowest BCUT2D eigenvalue weighted by molar-refractivity contribution is 0.0949. The van der Waals surface area contributed by atoms with Crippen LogP contribution in [0.15, 0.2) is 22.7 Å². The number of thiazole rings is 1. The number of aryl methyl sites for hydroxylation is 2.